The van der Waals surface area contributed by atoms with Gasteiger partial charge in [-0.05, 0) is 5.56 Å². The Hall–Kier alpha value is -2.05. The second-order valence-corrected chi connectivity index (χ2v) is 6.17. The molecule has 0 spiro atoms. The Balaban J connectivity index is 1.69. The molecule has 22 heavy (non-hydrogen) atoms. The third-order valence-corrected chi connectivity index (χ3v) is 4.75. The maximum Gasteiger partial charge on any atom is 0.225 e. The molecule has 0 saturated heterocycles. The first-order chi connectivity index (χ1) is 10.8. The van der Waals surface area contributed by atoms with Crippen molar-refractivity contribution in [3.05, 3.63) is 63.9 Å². The predicted octanol–water partition coefficient (Wildman–Crippen LogP) is 1.57. The summed E-state index contributed by atoms with van der Waals surface area (Å²) in [5.74, 6) is 0. The molecule has 0 unspecified atom stereocenters. The first-order valence-corrected chi connectivity index (χ1v) is 8.14. The van der Waals surface area contributed by atoms with E-state index in [1.165, 1.54) is 16.1 Å². The first kappa shape index (κ1) is 14.9. The van der Waals surface area contributed by atoms with Crippen LogP contribution in [0.5, 0.6) is 0 Å². The number of hydrogen-bond acceptors (Lipinski definition) is 4. The lowest BCUT2D eigenvalue weighted by molar-refractivity contribution is -0.690. The van der Waals surface area contributed by atoms with Gasteiger partial charge < -0.3 is 5.11 Å². The van der Waals surface area contributed by atoms with Crippen LogP contribution in [0.25, 0.3) is 0 Å². The summed E-state index contributed by atoms with van der Waals surface area (Å²) in [6, 6.07) is 10.2. The summed E-state index contributed by atoms with van der Waals surface area (Å²) in [5, 5.41) is 17.5. The lowest BCUT2D eigenvalue weighted by Gasteiger charge is -1.99. The molecule has 0 saturated carbocycles. The Bertz CT molecular complexity index is 736. The maximum absolute atomic E-state index is 9.06. The maximum atomic E-state index is 9.06. The zero-order valence-electron chi connectivity index (χ0n) is 12.5. The van der Waals surface area contributed by atoms with E-state index in [0.717, 1.165) is 12.2 Å². The topological polar surface area (TPSA) is 54.8 Å². The molecule has 1 aromatic carbocycles. The van der Waals surface area contributed by atoms with Crippen molar-refractivity contribution >= 4 is 11.3 Å². The molecule has 3 rings (SSSR count). The highest BCUT2D eigenvalue weighted by atomic mass is 32.1. The number of rotatable bonds is 6. The third kappa shape index (κ3) is 3.40. The molecule has 3 aromatic rings. The van der Waals surface area contributed by atoms with Crippen LogP contribution in [-0.2, 0) is 19.5 Å². The van der Waals surface area contributed by atoms with Gasteiger partial charge in [-0.15, -0.1) is 5.10 Å². The number of aliphatic hydroxyl groups excluding tert-OH is 1. The van der Waals surface area contributed by atoms with Gasteiger partial charge >= 0.3 is 0 Å². The number of aliphatic hydroxyl groups is 1. The Morgan fingerprint density at radius 3 is 2.86 bits per heavy atom. The fourth-order valence-electron chi connectivity index (χ4n) is 2.38. The molecule has 6 heteroatoms. The van der Waals surface area contributed by atoms with Crippen LogP contribution >= 0.6 is 11.3 Å². The van der Waals surface area contributed by atoms with Crippen LogP contribution in [0.4, 0.5) is 0 Å². The van der Waals surface area contributed by atoms with Crippen LogP contribution < -0.4 is 4.57 Å². The van der Waals surface area contributed by atoms with Crippen LogP contribution in [0.1, 0.15) is 21.8 Å². The van der Waals surface area contributed by atoms with Gasteiger partial charge in [-0.1, -0.05) is 46.9 Å². The Morgan fingerprint density at radius 2 is 2.09 bits per heavy atom. The molecular formula is C16H19N4OS+. The van der Waals surface area contributed by atoms with Gasteiger partial charge in [0.2, 0.25) is 5.51 Å². The first-order valence-electron chi connectivity index (χ1n) is 7.26. The van der Waals surface area contributed by atoms with Gasteiger partial charge in [0.05, 0.1) is 17.6 Å². The van der Waals surface area contributed by atoms with E-state index in [1.54, 1.807) is 11.3 Å². The summed E-state index contributed by atoms with van der Waals surface area (Å²) in [4.78, 5) is 1.22. The van der Waals surface area contributed by atoms with Crippen molar-refractivity contribution in [3.8, 4) is 0 Å². The minimum atomic E-state index is 0.189. The van der Waals surface area contributed by atoms with E-state index in [1.807, 2.05) is 29.1 Å². The van der Waals surface area contributed by atoms with Crippen LogP contribution in [0.2, 0.25) is 0 Å². The molecule has 5 nitrogen and oxygen atoms in total. The number of nitrogens with zero attached hydrogens (tertiary/aromatic N) is 4. The summed E-state index contributed by atoms with van der Waals surface area (Å²) in [7, 11) is 0. The van der Waals surface area contributed by atoms with Crippen molar-refractivity contribution in [2.24, 2.45) is 0 Å². The molecule has 0 aliphatic carbocycles. The fourth-order valence-corrected chi connectivity index (χ4v) is 3.37. The largest absolute Gasteiger partial charge is 0.396 e. The van der Waals surface area contributed by atoms with Gasteiger partial charge in [-0.25, -0.2) is 4.68 Å². The molecule has 1 N–H and O–H groups in total. The van der Waals surface area contributed by atoms with Crippen molar-refractivity contribution < 1.29 is 9.67 Å². The van der Waals surface area contributed by atoms with Crippen molar-refractivity contribution in [2.45, 2.75) is 26.4 Å². The lowest BCUT2D eigenvalue weighted by Crippen LogP contribution is -2.35. The average Bonchev–Trinajstić information content (AvgIpc) is 3.10. The standard InChI is InChI=1S/C16H19N4OS/c1-13-16(7-8-21)22-12-19(13)10-15-11-20(18-17-15)9-14-5-3-2-4-6-14/h2-6,11-12,21H,7-10H2,1H3/q+1. The predicted molar refractivity (Wildman–Crippen MR) is 84.7 cm³/mol. The highest BCUT2D eigenvalue weighted by Crippen LogP contribution is 2.12. The SMILES string of the molecule is Cc1c(CCO)sc[n+]1Cc1cn(Cc2ccccc2)nn1. The number of benzene rings is 1. The van der Waals surface area contributed by atoms with Gasteiger partial charge in [-0.2, -0.15) is 4.57 Å². The monoisotopic (exact) mass is 315 g/mol. The van der Waals surface area contributed by atoms with E-state index in [4.69, 9.17) is 5.11 Å². The van der Waals surface area contributed by atoms with E-state index in [0.29, 0.717) is 13.0 Å². The Labute approximate surface area is 133 Å². The Morgan fingerprint density at radius 1 is 1.27 bits per heavy atom. The minimum Gasteiger partial charge on any atom is -0.396 e. The molecule has 0 radical (unpaired) electrons. The lowest BCUT2D eigenvalue weighted by atomic mass is 10.2. The third-order valence-electron chi connectivity index (χ3n) is 3.60. The average molecular weight is 315 g/mol. The molecular weight excluding hydrogens is 296 g/mol. The fraction of sp³-hybridized carbons (Fsp3) is 0.312. The van der Waals surface area contributed by atoms with Crippen molar-refractivity contribution in [3.63, 3.8) is 0 Å². The zero-order chi connectivity index (χ0) is 15.4. The molecule has 0 amide bonds. The molecule has 0 fully saturated rings. The van der Waals surface area contributed by atoms with Gasteiger partial charge in [0, 0.05) is 20.0 Å². The Kier molecular flexibility index (Phi) is 4.60. The van der Waals surface area contributed by atoms with Crippen molar-refractivity contribution in [1.29, 1.82) is 0 Å². The van der Waals surface area contributed by atoms with Crippen LogP contribution in [0.3, 0.4) is 0 Å². The van der Waals surface area contributed by atoms with Crippen LogP contribution in [0, 0.1) is 6.92 Å². The van der Waals surface area contributed by atoms with E-state index >= 15 is 0 Å². The van der Waals surface area contributed by atoms with Gasteiger partial charge in [0.15, 0.2) is 12.2 Å². The molecule has 0 aliphatic heterocycles. The molecule has 114 valence electrons. The second kappa shape index (κ2) is 6.81. The molecule has 2 aromatic heterocycles. The summed E-state index contributed by atoms with van der Waals surface area (Å²) in [5.41, 5.74) is 5.42. The quantitative estimate of drug-likeness (QED) is 0.703. The second-order valence-electron chi connectivity index (χ2n) is 5.23. The highest BCUT2D eigenvalue weighted by Gasteiger charge is 2.16. The number of thiazole rings is 1. The summed E-state index contributed by atoms with van der Waals surface area (Å²) >= 11 is 1.68. The molecule has 2 heterocycles. The minimum absolute atomic E-state index is 0.189. The van der Waals surface area contributed by atoms with Crippen LogP contribution in [0.15, 0.2) is 42.0 Å². The zero-order valence-corrected chi connectivity index (χ0v) is 13.3. The summed E-state index contributed by atoms with van der Waals surface area (Å²) < 4.78 is 4.02. The molecule has 0 atom stereocenters. The summed E-state index contributed by atoms with van der Waals surface area (Å²) in [6.07, 6.45) is 2.70. The smallest absolute Gasteiger partial charge is 0.225 e. The van der Waals surface area contributed by atoms with E-state index in [-0.39, 0.29) is 6.61 Å². The molecule has 0 bridgehead atoms. The summed E-state index contributed by atoms with van der Waals surface area (Å²) in [6.45, 7) is 3.71. The number of aromatic nitrogens is 4. The van der Waals surface area contributed by atoms with Crippen molar-refractivity contribution in [2.75, 3.05) is 6.61 Å². The number of hydrogen-bond donors (Lipinski definition) is 1. The van der Waals surface area contributed by atoms with Crippen molar-refractivity contribution in [1.82, 2.24) is 15.0 Å². The van der Waals surface area contributed by atoms with Crippen LogP contribution in [-0.4, -0.2) is 26.7 Å². The van der Waals surface area contributed by atoms with E-state index in [9.17, 15) is 0 Å². The normalized spacial score (nSPS) is 11.0. The highest BCUT2D eigenvalue weighted by molar-refractivity contribution is 7.09. The van der Waals surface area contributed by atoms with E-state index < -0.39 is 0 Å². The molecule has 0 aliphatic rings. The van der Waals surface area contributed by atoms with Gasteiger partial charge in [0.1, 0.15) is 5.69 Å². The van der Waals surface area contributed by atoms with Gasteiger partial charge in [0.25, 0.3) is 0 Å². The van der Waals surface area contributed by atoms with Gasteiger partial charge in [-0.3, -0.25) is 0 Å². The van der Waals surface area contributed by atoms with E-state index in [2.05, 4.69) is 39.4 Å².